The van der Waals surface area contributed by atoms with E-state index >= 15 is 0 Å². The minimum Gasteiger partial charge on any atom is -0.301 e. The first-order chi connectivity index (χ1) is 6.35. The fraction of sp³-hybridized carbons (Fsp3) is 1.00. The Morgan fingerprint density at radius 1 is 1.07 bits per heavy atom. The molecule has 1 heteroatoms. The van der Waals surface area contributed by atoms with E-state index in [4.69, 9.17) is 0 Å². The SMILES string of the molecule is CCC(C)C(C)CN(C)C(C)(C)CC. The Morgan fingerprint density at radius 2 is 1.57 bits per heavy atom. The van der Waals surface area contributed by atoms with E-state index in [0.29, 0.717) is 5.54 Å². The minimum absolute atomic E-state index is 0.349. The Balaban J connectivity index is 4.11. The molecule has 0 aromatic carbocycles. The van der Waals surface area contributed by atoms with Gasteiger partial charge in [0.2, 0.25) is 0 Å². The second-order valence-electron chi connectivity index (χ2n) is 5.41. The molecule has 0 radical (unpaired) electrons. The third kappa shape index (κ3) is 4.00. The summed E-state index contributed by atoms with van der Waals surface area (Å²) < 4.78 is 0. The normalized spacial score (nSPS) is 17.1. The monoisotopic (exact) mass is 199 g/mol. The van der Waals surface area contributed by atoms with E-state index in [2.05, 4.69) is 53.5 Å². The molecule has 86 valence electrons. The maximum Gasteiger partial charge on any atom is 0.0147 e. The van der Waals surface area contributed by atoms with Gasteiger partial charge < -0.3 is 4.90 Å². The van der Waals surface area contributed by atoms with Crippen LogP contribution in [-0.2, 0) is 0 Å². The zero-order valence-electron chi connectivity index (χ0n) is 11.2. The maximum absolute atomic E-state index is 2.50. The standard InChI is InChI=1S/C13H29N/c1-8-11(3)12(4)10-14(7)13(5,6)9-2/h11-12H,8-10H2,1-7H3. The zero-order chi connectivity index (χ0) is 11.4. The van der Waals surface area contributed by atoms with Crippen LogP contribution in [0.5, 0.6) is 0 Å². The summed E-state index contributed by atoms with van der Waals surface area (Å²) in [6, 6.07) is 0. The van der Waals surface area contributed by atoms with Crippen LogP contribution in [0.3, 0.4) is 0 Å². The second kappa shape index (κ2) is 5.75. The van der Waals surface area contributed by atoms with Crippen molar-refractivity contribution in [2.45, 2.75) is 59.9 Å². The predicted octanol–water partition coefficient (Wildman–Crippen LogP) is 3.79. The number of hydrogen-bond donors (Lipinski definition) is 0. The van der Waals surface area contributed by atoms with Crippen molar-refractivity contribution in [1.29, 1.82) is 0 Å². The molecule has 0 rings (SSSR count). The average molecular weight is 199 g/mol. The fourth-order valence-corrected chi connectivity index (χ4v) is 1.53. The molecule has 0 aromatic rings. The predicted molar refractivity (Wildman–Crippen MR) is 65.6 cm³/mol. The molecule has 0 aliphatic heterocycles. The van der Waals surface area contributed by atoms with E-state index in [1.807, 2.05) is 0 Å². The van der Waals surface area contributed by atoms with Crippen molar-refractivity contribution in [3.8, 4) is 0 Å². The molecule has 0 N–H and O–H groups in total. The molecule has 0 spiro atoms. The van der Waals surface area contributed by atoms with Crippen LogP contribution in [0, 0.1) is 11.8 Å². The summed E-state index contributed by atoms with van der Waals surface area (Å²) in [5, 5.41) is 0. The number of hydrogen-bond acceptors (Lipinski definition) is 1. The van der Waals surface area contributed by atoms with E-state index in [1.165, 1.54) is 19.4 Å². The van der Waals surface area contributed by atoms with Crippen LogP contribution in [0.25, 0.3) is 0 Å². The molecule has 14 heavy (non-hydrogen) atoms. The highest BCUT2D eigenvalue weighted by Gasteiger charge is 2.23. The lowest BCUT2D eigenvalue weighted by atomic mass is 9.91. The van der Waals surface area contributed by atoms with Crippen LogP contribution in [0.4, 0.5) is 0 Å². The van der Waals surface area contributed by atoms with Crippen LogP contribution in [0.1, 0.15) is 54.4 Å². The Morgan fingerprint density at radius 3 is 1.93 bits per heavy atom. The van der Waals surface area contributed by atoms with Crippen LogP contribution < -0.4 is 0 Å². The molecular weight excluding hydrogens is 170 g/mol. The quantitative estimate of drug-likeness (QED) is 0.629. The molecule has 2 unspecified atom stereocenters. The Kier molecular flexibility index (Phi) is 5.73. The summed E-state index contributed by atoms with van der Waals surface area (Å²) in [7, 11) is 2.25. The van der Waals surface area contributed by atoms with Crippen LogP contribution in [0.2, 0.25) is 0 Å². The van der Waals surface area contributed by atoms with Gasteiger partial charge in [0.05, 0.1) is 0 Å². The van der Waals surface area contributed by atoms with Gasteiger partial charge in [0.15, 0.2) is 0 Å². The summed E-state index contributed by atoms with van der Waals surface area (Å²) in [6.45, 7) is 15.2. The summed E-state index contributed by atoms with van der Waals surface area (Å²) in [4.78, 5) is 2.50. The molecule has 0 saturated carbocycles. The molecule has 0 aliphatic rings. The summed E-state index contributed by atoms with van der Waals surface area (Å²) in [5.41, 5.74) is 0.349. The van der Waals surface area contributed by atoms with Crippen LogP contribution in [0.15, 0.2) is 0 Å². The zero-order valence-corrected chi connectivity index (χ0v) is 11.2. The molecule has 1 nitrogen and oxygen atoms in total. The van der Waals surface area contributed by atoms with Crippen molar-refractivity contribution in [2.24, 2.45) is 11.8 Å². The second-order valence-corrected chi connectivity index (χ2v) is 5.41. The minimum atomic E-state index is 0.349. The van der Waals surface area contributed by atoms with Crippen molar-refractivity contribution in [1.82, 2.24) is 4.90 Å². The van der Waals surface area contributed by atoms with Gasteiger partial charge in [-0.2, -0.15) is 0 Å². The number of nitrogens with zero attached hydrogens (tertiary/aromatic N) is 1. The summed E-state index contributed by atoms with van der Waals surface area (Å²) in [6.07, 6.45) is 2.51. The van der Waals surface area contributed by atoms with Gasteiger partial charge in [-0.3, -0.25) is 0 Å². The average Bonchev–Trinajstić information content (AvgIpc) is 2.16. The fourth-order valence-electron chi connectivity index (χ4n) is 1.53. The highest BCUT2D eigenvalue weighted by atomic mass is 15.2. The van der Waals surface area contributed by atoms with Gasteiger partial charge in [0.25, 0.3) is 0 Å². The van der Waals surface area contributed by atoms with E-state index in [-0.39, 0.29) is 0 Å². The van der Waals surface area contributed by atoms with E-state index in [1.54, 1.807) is 0 Å². The highest BCUT2D eigenvalue weighted by Crippen LogP contribution is 2.21. The maximum atomic E-state index is 2.50. The molecule has 0 aromatic heterocycles. The van der Waals surface area contributed by atoms with Crippen molar-refractivity contribution < 1.29 is 0 Å². The lowest BCUT2D eigenvalue weighted by Gasteiger charge is -2.37. The summed E-state index contributed by atoms with van der Waals surface area (Å²) >= 11 is 0. The van der Waals surface area contributed by atoms with Crippen molar-refractivity contribution >= 4 is 0 Å². The van der Waals surface area contributed by atoms with Gasteiger partial charge in [0, 0.05) is 12.1 Å². The lowest BCUT2D eigenvalue weighted by molar-refractivity contribution is 0.116. The molecule has 2 atom stereocenters. The smallest absolute Gasteiger partial charge is 0.0147 e. The Labute approximate surface area is 90.9 Å². The molecule has 0 aliphatic carbocycles. The van der Waals surface area contributed by atoms with Gasteiger partial charge in [-0.05, 0) is 39.2 Å². The van der Waals surface area contributed by atoms with Gasteiger partial charge in [-0.15, -0.1) is 0 Å². The first-order valence-electron chi connectivity index (χ1n) is 6.06. The molecule has 0 amide bonds. The largest absolute Gasteiger partial charge is 0.301 e. The molecule has 0 fully saturated rings. The summed E-state index contributed by atoms with van der Waals surface area (Å²) in [5.74, 6) is 1.64. The van der Waals surface area contributed by atoms with Crippen LogP contribution >= 0.6 is 0 Å². The third-order valence-electron chi connectivity index (χ3n) is 4.08. The van der Waals surface area contributed by atoms with E-state index in [9.17, 15) is 0 Å². The van der Waals surface area contributed by atoms with Crippen molar-refractivity contribution in [2.75, 3.05) is 13.6 Å². The number of rotatable bonds is 6. The molecule has 0 heterocycles. The molecular formula is C13H29N. The van der Waals surface area contributed by atoms with Gasteiger partial charge >= 0.3 is 0 Å². The third-order valence-corrected chi connectivity index (χ3v) is 4.08. The van der Waals surface area contributed by atoms with Gasteiger partial charge in [-0.25, -0.2) is 0 Å². The molecule has 0 bridgehead atoms. The van der Waals surface area contributed by atoms with E-state index < -0.39 is 0 Å². The van der Waals surface area contributed by atoms with Gasteiger partial charge in [-0.1, -0.05) is 34.1 Å². The van der Waals surface area contributed by atoms with E-state index in [0.717, 1.165) is 11.8 Å². The Bertz CT molecular complexity index is 151. The van der Waals surface area contributed by atoms with Crippen LogP contribution in [-0.4, -0.2) is 24.0 Å². The topological polar surface area (TPSA) is 3.24 Å². The highest BCUT2D eigenvalue weighted by molar-refractivity contribution is 4.79. The first-order valence-corrected chi connectivity index (χ1v) is 6.06. The van der Waals surface area contributed by atoms with Crippen molar-refractivity contribution in [3.63, 3.8) is 0 Å². The first kappa shape index (κ1) is 14.0. The molecule has 0 saturated heterocycles. The lowest BCUT2D eigenvalue weighted by Crippen LogP contribution is -2.43. The van der Waals surface area contributed by atoms with Crippen molar-refractivity contribution in [3.05, 3.63) is 0 Å². The Hall–Kier alpha value is -0.0400. The van der Waals surface area contributed by atoms with Gasteiger partial charge in [0.1, 0.15) is 0 Å².